The van der Waals surface area contributed by atoms with E-state index in [1.54, 1.807) is 20.1 Å². The van der Waals surface area contributed by atoms with Crippen molar-refractivity contribution in [2.24, 2.45) is 0 Å². The van der Waals surface area contributed by atoms with Gasteiger partial charge in [-0.25, -0.2) is 0 Å². The lowest BCUT2D eigenvalue weighted by atomic mass is 10.1. The van der Waals surface area contributed by atoms with Crippen molar-refractivity contribution in [1.82, 2.24) is 9.47 Å². The Balaban J connectivity index is 2.33. The molecule has 0 bridgehead atoms. The second-order valence-corrected chi connectivity index (χ2v) is 6.50. The monoisotopic (exact) mass is 395 g/mol. The van der Waals surface area contributed by atoms with Crippen molar-refractivity contribution in [3.05, 3.63) is 52.9 Å². The van der Waals surface area contributed by atoms with E-state index in [2.05, 4.69) is 0 Å². The first kappa shape index (κ1) is 21.8. The molecule has 1 heterocycles. The smallest absolute Gasteiger partial charge is 0.325 e. The van der Waals surface area contributed by atoms with Crippen molar-refractivity contribution in [2.75, 3.05) is 27.3 Å². The molecule has 0 N–H and O–H groups in total. The number of nitriles is 1. The number of hydrogen-bond donors (Lipinski definition) is 0. The van der Waals surface area contributed by atoms with Crippen LogP contribution in [0.5, 0.6) is 5.75 Å². The highest BCUT2D eigenvalue weighted by Gasteiger charge is 2.19. The molecule has 0 aliphatic carbocycles. The summed E-state index contributed by atoms with van der Waals surface area (Å²) in [6.45, 7) is 5.59. The third-order valence-corrected chi connectivity index (χ3v) is 4.47. The molecule has 0 unspecified atom stereocenters. The summed E-state index contributed by atoms with van der Waals surface area (Å²) in [5.74, 6) is -0.286. The summed E-state index contributed by atoms with van der Waals surface area (Å²) in [4.78, 5) is 25.3. The number of aromatic nitrogens is 1. The fourth-order valence-electron chi connectivity index (χ4n) is 3.04. The predicted octanol–water partition coefficient (Wildman–Crippen LogP) is 3.03. The van der Waals surface area contributed by atoms with Gasteiger partial charge in [-0.05, 0) is 62.7 Å². The van der Waals surface area contributed by atoms with Gasteiger partial charge in [-0.1, -0.05) is 0 Å². The quantitative estimate of drug-likeness (QED) is 0.409. The van der Waals surface area contributed by atoms with Gasteiger partial charge in [-0.2, -0.15) is 5.26 Å². The molecule has 7 heteroatoms. The largest absolute Gasteiger partial charge is 0.497 e. The lowest BCUT2D eigenvalue weighted by molar-refractivity contribution is -0.147. The minimum atomic E-state index is -0.533. The van der Waals surface area contributed by atoms with Gasteiger partial charge in [0.1, 0.15) is 23.9 Å². The molecular weight excluding hydrogens is 370 g/mol. The molecule has 2 aromatic rings. The van der Waals surface area contributed by atoms with Crippen molar-refractivity contribution >= 4 is 18.0 Å². The van der Waals surface area contributed by atoms with Gasteiger partial charge in [-0.3, -0.25) is 9.59 Å². The van der Waals surface area contributed by atoms with Crippen molar-refractivity contribution in [3.63, 3.8) is 0 Å². The van der Waals surface area contributed by atoms with E-state index in [0.29, 0.717) is 0 Å². The molecule has 0 radical (unpaired) electrons. The molecule has 1 amide bonds. The minimum absolute atomic E-state index is 0.0493. The number of rotatable bonds is 7. The number of carbonyl (C=O) groups excluding carboxylic acids is 2. The van der Waals surface area contributed by atoms with Crippen LogP contribution in [0.1, 0.15) is 23.9 Å². The van der Waals surface area contributed by atoms with Crippen molar-refractivity contribution < 1.29 is 19.1 Å². The Bertz CT molecular complexity index is 965. The van der Waals surface area contributed by atoms with Gasteiger partial charge in [0, 0.05) is 24.1 Å². The summed E-state index contributed by atoms with van der Waals surface area (Å²) in [6.07, 6.45) is 1.55. The van der Waals surface area contributed by atoms with Crippen LogP contribution in [0.3, 0.4) is 0 Å². The normalized spacial score (nSPS) is 11.0. The number of carbonyl (C=O) groups is 2. The van der Waals surface area contributed by atoms with Crippen LogP contribution in [0.25, 0.3) is 11.8 Å². The van der Waals surface area contributed by atoms with Crippen LogP contribution in [0.4, 0.5) is 0 Å². The zero-order valence-corrected chi connectivity index (χ0v) is 17.4. The number of amides is 1. The van der Waals surface area contributed by atoms with Crippen molar-refractivity contribution in [2.45, 2.75) is 20.8 Å². The van der Waals surface area contributed by atoms with Crippen LogP contribution in [0.2, 0.25) is 0 Å². The first-order chi connectivity index (χ1) is 13.8. The highest BCUT2D eigenvalue weighted by Crippen LogP contribution is 2.24. The standard InChI is InChI=1S/C22H25N3O4/c1-6-29-21(26)14-24(4)22(27)18(13-23)12-17-11-15(2)25(16(17)3)19-7-9-20(28-5)10-8-19/h7-12H,6,14H2,1-5H3/b18-12-. The number of esters is 1. The van der Waals surface area contributed by atoms with Gasteiger partial charge in [0.2, 0.25) is 0 Å². The summed E-state index contributed by atoms with van der Waals surface area (Å²) < 4.78 is 12.1. The zero-order chi connectivity index (χ0) is 21.6. The van der Waals surface area contributed by atoms with Crippen LogP contribution in [-0.2, 0) is 14.3 Å². The zero-order valence-electron chi connectivity index (χ0n) is 17.4. The van der Waals surface area contributed by atoms with Gasteiger partial charge < -0.3 is 18.9 Å². The van der Waals surface area contributed by atoms with Crippen LogP contribution in [0, 0.1) is 25.2 Å². The number of ether oxygens (including phenoxy) is 2. The summed E-state index contributed by atoms with van der Waals surface area (Å²) in [7, 11) is 3.08. The first-order valence-electron chi connectivity index (χ1n) is 9.18. The summed E-state index contributed by atoms with van der Waals surface area (Å²) in [6, 6.07) is 11.5. The summed E-state index contributed by atoms with van der Waals surface area (Å²) >= 11 is 0. The molecule has 7 nitrogen and oxygen atoms in total. The fraction of sp³-hybridized carbons (Fsp3) is 0.318. The molecule has 0 saturated carbocycles. The molecule has 0 fully saturated rings. The predicted molar refractivity (Wildman–Crippen MR) is 110 cm³/mol. The Kier molecular flexibility index (Phi) is 7.21. The average molecular weight is 395 g/mol. The van der Waals surface area contributed by atoms with Gasteiger partial charge in [0.25, 0.3) is 5.91 Å². The lowest BCUT2D eigenvalue weighted by Gasteiger charge is -2.15. The number of likely N-dealkylation sites (N-methyl/N-ethyl adjacent to an activating group) is 1. The summed E-state index contributed by atoms with van der Waals surface area (Å²) in [5.41, 5.74) is 3.51. The molecule has 1 aromatic carbocycles. The molecule has 0 saturated heterocycles. The molecular formula is C22H25N3O4. The molecule has 1 aromatic heterocycles. The lowest BCUT2D eigenvalue weighted by Crippen LogP contribution is -2.33. The molecule has 152 valence electrons. The third-order valence-electron chi connectivity index (χ3n) is 4.47. The van der Waals surface area contributed by atoms with E-state index in [1.807, 2.05) is 54.8 Å². The average Bonchev–Trinajstić information content (AvgIpc) is 2.98. The van der Waals surface area contributed by atoms with Crippen LogP contribution < -0.4 is 4.74 Å². The Labute approximate surface area is 170 Å². The van der Waals surface area contributed by atoms with Crippen LogP contribution in [0.15, 0.2) is 35.9 Å². The maximum atomic E-state index is 12.6. The highest BCUT2D eigenvalue weighted by molar-refractivity contribution is 6.02. The van der Waals surface area contributed by atoms with Crippen molar-refractivity contribution in [1.29, 1.82) is 5.26 Å². The number of benzene rings is 1. The Morgan fingerprint density at radius 3 is 2.45 bits per heavy atom. The summed E-state index contributed by atoms with van der Waals surface area (Å²) in [5, 5.41) is 9.48. The third kappa shape index (κ3) is 5.05. The molecule has 0 spiro atoms. The topological polar surface area (TPSA) is 84.6 Å². The van der Waals surface area contributed by atoms with Gasteiger partial charge in [-0.15, -0.1) is 0 Å². The number of nitrogens with zero attached hydrogens (tertiary/aromatic N) is 3. The number of hydrogen-bond acceptors (Lipinski definition) is 5. The fourth-order valence-corrected chi connectivity index (χ4v) is 3.04. The van der Waals surface area contributed by atoms with E-state index in [0.717, 1.165) is 28.4 Å². The van der Waals surface area contributed by atoms with Gasteiger partial charge in [0.15, 0.2) is 0 Å². The van der Waals surface area contributed by atoms with Gasteiger partial charge >= 0.3 is 5.97 Å². The highest BCUT2D eigenvalue weighted by atomic mass is 16.5. The number of methoxy groups -OCH3 is 1. The first-order valence-corrected chi connectivity index (χ1v) is 9.18. The number of aryl methyl sites for hydroxylation is 1. The second kappa shape index (κ2) is 9.60. The Morgan fingerprint density at radius 1 is 1.24 bits per heavy atom. The van der Waals surface area contributed by atoms with Gasteiger partial charge in [0.05, 0.1) is 13.7 Å². The van der Waals surface area contributed by atoms with E-state index in [1.165, 1.54) is 11.9 Å². The second-order valence-electron chi connectivity index (χ2n) is 6.50. The van der Waals surface area contributed by atoms with E-state index in [-0.39, 0.29) is 18.7 Å². The van der Waals surface area contributed by atoms with Crippen LogP contribution >= 0.6 is 0 Å². The van der Waals surface area contributed by atoms with E-state index < -0.39 is 11.9 Å². The maximum Gasteiger partial charge on any atom is 0.325 e. The molecule has 2 rings (SSSR count). The Morgan fingerprint density at radius 2 is 1.90 bits per heavy atom. The maximum absolute atomic E-state index is 12.6. The molecule has 29 heavy (non-hydrogen) atoms. The van der Waals surface area contributed by atoms with E-state index in [9.17, 15) is 14.9 Å². The van der Waals surface area contributed by atoms with E-state index in [4.69, 9.17) is 9.47 Å². The SMILES string of the molecule is CCOC(=O)CN(C)C(=O)/C(C#N)=C\c1cc(C)n(-c2ccc(OC)cc2)c1C. The molecule has 0 aliphatic heterocycles. The van der Waals surface area contributed by atoms with E-state index >= 15 is 0 Å². The van der Waals surface area contributed by atoms with Crippen molar-refractivity contribution in [3.8, 4) is 17.5 Å². The van der Waals surface area contributed by atoms with Crippen LogP contribution in [-0.4, -0.2) is 48.7 Å². The Hall–Kier alpha value is -3.53. The molecule has 0 aliphatic rings. The minimum Gasteiger partial charge on any atom is -0.497 e. The molecule has 0 atom stereocenters.